The lowest BCUT2D eigenvalue weighted by Crippen LogP contribution is -2.35. The fraction of sp³-hybridized carbons (Fsp3) is 0.300. The second-order valence-corrected chi connectivity index (χ2v) is 6.70. The van der Waals surface area contributed by atoms with Crippen LogP contribution in [-0.4, -0.2) is 39.5 Å². The highest BCUT2D eigenvalue weighted by molar-refractivity contribution is 5.80. The molecule has 1 N–H and O–H groups in total. The van der Waals surface area contributed by atoms with Gasteiger partial charge in [-0.15, -0.1) is 5.10 Å². The van der Waals surface area contributed by atoms with Gasteiger partial charge in [0.05, 0.1) is 6.61 Å². The van der Waals surface area contributed by atoms with E-state index in [0.29, 0.717) is 42.9 Å². The van der Waals surface area contributed by atoms with Crippen molar-refractivity contribution in [1.82, 2.24) is 25.5 Å². The topological polar surface area (TPSA) is 91.2 Å². The highest BCUT2D eigenvalue weighted by Gasteiger charge is 2.23. The number of fused-ring (bicyclic) bond motifs is 1. The Bertz CT molecular complexity index is 966. The van der Waals surface area contributed by atoms with E-state index in [9.17, 15) is 9.18 Å². The van der Waals surface area contributed by atoms with Crippen molar-refractivity contribution in [2.75, 3.05) is 13.3 Å². The van der Waals surface area contributed by atoms with Gasteiger partial charge in [0.25, 0.3) is 0 Å². The molecule has 0 radical (unpaired) electrons. The molecule has 1 atom stereocenters. The van der Waals surface area contributed by atoms with Gasteiger partial charge in [-0.1, -0.05) is 30.3 Å². The highest BCUT2D eigenvalue weighted by Crippen LogP contribution is 2.29. The number of tetrazole rings is 1. The zero-order valence-corrected chi connectivity index (χ0v) is 15.6. The van der Waals surface area contributed by atoms with E-state index < -0.39 is 6.04 Å². The smallest absolute Gasteiger partial charge is 0.245 e. The van der Waals surface area contributed by atoms with Crippen LogP contribution in [0.15, 0.2) is 48.8 Å². The number of amides is 1. The molecule has 3 aromatic rings. The number of aromatic nitrogens is 4. The zero-order valence-electron chi connectivity index (χ0n) is 15.6. The molecule has 0 spiro atoms. The second kappa shape index (κ2) is 8.78. The van der Waals surface area contributed by atoms with Crippen molar-refractivity contribution in [2.45, 2.75) is 25.5 Å². The molecule has 0 saturated heterocycles. The van der Waals surface area contributed by atoms with E-state index in [1.807, 2.05) is 30.3 Å². The van der Waals surface area contributed by atoms with Gasteiger partial charge in [-0.2, -0.15) is 0 Å². The first-order chi connectivity index (χ1) is 14.2. The van der Waals surface area contributed by atoms with Crippen LogP contribution in [0.25, 0.3) is 0 Å². The van der Waals surface area contributed by atoms with Gasteiger partial charge < -0.3 is 14.8 Å². The monoisotopic (exact) mass is 397 g/mol. The number of ether oxygens (including phenoxy) is 2. The van der Waals surface area contributed by atoms with Crippen molar-refractivity contribution >= 4 is 5.91 Å². The number of carbonyl (C=O) groups is 1. The minimum atomic E-state index is -0.585. The maximum atomic E-state index is 13.9. The van der Waals surface area contributed by atoms with Crippen LogP contribution < -0.4 is 10.1 Å². The summed E-state index contributed by atoms with van der Waals surface area (Å²) in [5.41, 5.74) is 2.37. The van der Waals surface area contributed by atoms with Gasteiger partial charge in [0.15, 0.2) is 6.79 Å². The molecule has 2 aromatic carbocycles. The number of nitrogens with one attached hydrogen (secondary N) is 1. The van der Waals surface area contributed by atoms with Gasteiger partial charge >= 0.3 is 0 Å². The van der Waals surface area contributed by atoms with E-state index in [1.54, 1.807) is 0 Å². The molecule has 4 rings (SSSR count). The summed E-state index contributed by atoms with van der Waals surface area (Å²) in [5.74, 6) is 0.0682. The summed E-state index contributed by atoms with van der Waals surface area (Å²) in [6.45, 7) is 0.772. The minimum Gasteiger partial charge on any atom is -0.467 e. The number of rotatable bonds is 7. The summed E-state index contributed by atoms with van der Waals surface area (Å²) in [6, 6.07) is 11.9. The van der Waals surface area contributed by atoms with E-state index in [-0.39, 0.29) is 18.5 Å². The van der Waals surface area contributed by atoms with Crippen LogP contribution in [0.4, 0.5) is 4.39 Å². The molecule has 29 heavy (non-hydrogen) atoms. The van der Waals surface area contributed by atoms with Crippen molar-refractivity contribution in [3.63, 3.8) is 0 Å². The number of hydrogen-bond acceptors (Lipinski definition) is 6. The lowest BCUT2D eigenvalue weighted by molar-refractivity contribution is -0.124. The average molecular weight is 397 g/mol. The molecule has 150 valence electrons. The summed E-state index contributed by atoms with van der Waals surface area (Å²) in [4.78, 5) is 12.8. The summed E-state index contributed by atoms with van der Waals surface area (Å²) < 4.78 is 26.0. The summed E-state index contributed by atoms with van der Waals surface area (Å²) in [7, 11) is 0. The Kier molecular flexibility index (Phi) is 5.76. The molecule has 8 nitrogen and oxygen atoms in total. The number of hydrogen-bond donors (Lipinski definition) is 1. The molecule has 9 heteroatoms. The minimum absolute atomic E-state index is 0.135. The predicted octanol–water partition coefficient (Wildman–Crippen LogP) is 1.82. The highest BCUT2D eigenvalue weighted by atomic mass is 19.1. The van der Waals surface area contributed by atoms with Crippen LogP contribution in [0.3, 0.4) is 0 Å². The van der Waals surface area contributed by atoms with E-state index in [1.165, 1.54) is 23.1 Å². The molecule has 0 aliphatic carbocycles. The Balaban J connectivity index is 1.43. The lowest BCUT2D eigenvalue weighted by Gasteiger charge is -2.21. The number of nitrogens with zero attached hydrogens (tertiary/aromatic N) is 4. The van der Waals surface area contributed by atoms with Crippen LogP contribution >= 0.6 is 0 Å². The third-order valence-corrected chi connectivity index (χ3v) is 4.70. The SMILES string of the molecule is O=C(NCCc1cc(F)cc2c1OCOC2)C(Cc1ccccc1)n1cnnn1. The van der Waals surface area contributed by atoms with Gasteiger partial charge in [-0.05, 0) is 40.1 Å². The van der Waals surface area contributed by atoms with E-state index in [2.05, 4.69) is 20.8 Å². The first kappa shape index (κ1) is 19.0. The predicted molar refractivity (Wildman–Crippen MR) is 100 cm³/mol. The Labute approximate surface area is 166 Å². The first-order valence-corrected chi connectivity index (χ1v) is 9.26. The largest absolute Gasteiger partial charge is 0.467 e. The van der Waals surface area contributed by atoms with E-state index in [0.717, 1.165) is 5.56 Å². The van der Waals surface area contributed by atoms with Crippen molar-refractivity contribution < 1.29 is 18.7 Å². The van der Waals surface area contributed by atoms with Crippen molar-refractivity contribution in [2.24, 2.45) is 0 Å². The molecule has 0 fully saturated rings. The van der Waals surface area contributed by atoms with Crippen molar-refractivity contribution in [3.05, 3.63) is 71.3 Å². The van der Waals surface area contributed by atoms with E-state index in [4.69, 9.17) is 9.47 Å². The number of carbonyl (C=O) groups excluding carboxylic acids is 1. The maximum absolute atomic E-state index is 13.9. The van der Waals surface area contributed by atoms with Crippen LogP contribution in [0.2, 0.25) is 0 Å². The van der Waals surface area contributed by atoms with Gasteiger partial charge in [0.1, 0.15) is 23.9 Å². The molecule has 2 heterocycles. The third-order valence-electron chi connectivity index (χ3n) is 4.70. The Hall–Kier alpha value is -3.33. The molecule has 1 aliphatic rings. The van der Waals surface area contributed by atoms with Crippen LogP contribution in [0.5, 0.6) is 5.75 Å². The van der Waals surface area contributed by atoms with Crippen LogP contribution in [0.1, 0.15) is 22.7 Å². The number of halogens is 1. The summed E-state index contributed by atoms with van der Waals surface area (Å²) in [5, 5.41) is 14.1. The van der Waals surface area contributed by atoms with Crippen molar-refractivity contribution in [3.8, 4) is 5.75 Å². The summed E-state index contributed by atoms with van der Waals surface area (Å²) in [6.07, 6.45) is 2.30. The fourth-order valence-electron chi connectivity index (χ4n) is 3.34. The lowest BCUT2D eigenvalue weighted by atomic mass is 10.0. The van der Waals surface area contributed by atoms with Crippen molar-refractivity contribution in [1.29, 1.82) is 0 Å². The van der Waals surface area contributed by atoms with Gasteiger partial charge in [-0.25, -0.2) is 9.07 Å². The first-order valence-electron chi connectivity index (χ1n) is 9.26. The van der Waals surface area contributed by atoms with Crippen LogP contribution in [-0.2, 0) is 29.0 Å². The van der Waals surface area contributed by atoms with Crippen LogP contribution in [0, 0.1) is 5.82 Å². The second-order valence-electron chi connectivity index (χ2n) is 6.70. The molecular weight excluding hydrogens is 377 g/mol. The molecule has 1 unspecified atom stereocenters. The Morgan fingerprint density at radius 3 is 2.93 bits per heavy atom. The molecule has 1 amide bonds. The van der Waals surface area contributed by atoms with Gasteiger partial charge in [0.2, 0.25) is 5.91 Å². The fourth-order valence-corrected chi connectivity index (χ4v) is 3.34. The van der Waals surface area contributed by atoms with Gasteiger partial charge in [-0.3, -0.25) is 4.79 Å². The molecule has 1 aliphatic heterocycles. The standard InChI is InChI=1S/C20H20FN5O3/c21-17-9-15(19-16(10-17)11-28-13-29-19)6-7-22-20(27)18(26-12-23-24-25-26)8-14-4-2-1-3-5-14/h1-5,9-10,12,18H,6-8,11,13H2,(H,22,27). The quantitative estimate of drug-likeness (QED) is 0.654. The summed E-state index contributed by atoms with van der Waals surface area (Å²) >= 11 is 0. The Morgan fingerprint density at radius 1 is 1.28 bits per heavy atom. The molecular formula is C20H20FN5O3. The zero-order chi connectivity index (χ0) is 20.1. The maximum Gasteiger partial charge on any atom is 0.245 e. The average Bonchev–Trinajstić information content (AvgIpc) is 3.27. The third kappa shape index (κ3) is 4.57. The van der Waals surface area contributed by atoms with Gasteiger partial charge in [0, 0.05) is 18.5 Å². The molecule has 1 aromatic heterocycles. The van der Waals surface area contributed by atoms with E-state index >= 15 is 0 Å². The Morgan fingerprint density at radius 2 is 2.14 bits per heavy atom. The number of benzene rings is 2. The molecule has 0 saturated carbocycles. The molecule has 0 bridgehead atoms. The normalized spacial score (nSPS) is 14.0.